The average Bonchev–Trinajstić information content (AvgIpc) is 2.32. The number of nitrogen functional groups attached to an aromatic ring is 1. The number of aromatic nitrogens is 2. The Morgan fingerprint density at radius 2 is 1.89 bits per heavy atom. The van der Waals surface area contributed by atoms with Gasteiger partial charge in [-0.1, -0.05) is 0 Å². The van der Waals surface area contributed by atoms with Crippen LogP contribution in [0.1, 0.15) is 0 Å². The monoisotopic (exact) mass is 257 g/mol. The lowest BCUT2D eigenvalue weighted by molar-refractivity contribution is 0.441. The fourth-order valence-electron chi connectivity index (χ4n) is 1.31. The molecule has 8 heteroatoms. The van der Waals surface area contributed by atoms with Crippen LogP contribution in [0.4, 0.5) is 19.0 Å². The van der Waals surface area contributed by atoms with E-state index in [2.05, 4.69) is 5.10 Å². The van der Waals surface area contributed by atoms with Crippen molar-refractivity contribution in [1.82, 2.24) is 9.78 Å². The molecule has 2 rings (SSSR count). The van der Waals surface area contributed by atoms with Gasteiger partial charge in [0.1, 0.15) is 5.69 Å². The summed E-state index contributed by atoms with van der Waals surface area (Å²) in [6.07, 6.45) is 0. The maximum absolute atomic E-state index is 13.4. The van der Waals surface area contributed by atoms with E-state index in [-0.39, 0.29) is 0 Å². The van der Waals surface area contributed by atoms with Gasteiger partial charge in [0.05, 0.1) is 6.07 Å². The van der Waals surface area contributed by atoms with Crippen LogP contribution in [0.2, 0.25) is 0 Å². The standard InChI is InChI=1S/C10H6F3N3O2/c11-4-1-2-5(9(13)8(4)12)16-7(18)3-6(17)10(14)15-16/h1-3,17H,(H2,14,15). The van der Waals surface area contributed by atoms with Gasteiger partial charge in [-0.2, -0.15) is 4.68 Å². The lowest BCUT2D eigenvalue weighted by Crippen LogP contribution is -2.22. The van der Waals surface area contributed by atoms with Crippen molar-refractivity contribution in [3.63, 3.8) is 0 Å². The summed E-state index contributed by atoms with van der Waals surface area (Å²) in [5.41, 5.74) is 3.69. The van der Waals surface area contributed by atoms with E-state index in [1.54, 1.807) is 0 Å². The van der Waals surface area contributed by atoms with E-state index in [1.807, 2.05) is 0 Å². The first-order valence-electron chi connectivity index (χ1n) is 4.64. The van der Waals surface area contributed by atoms with Gasteiger partial charge in [0.25, 0.3) is 5.56 Å². The zero-order valence-electron chi connectivity index (χ0n) is 8.69. The van der Waals surface area contributed by atoms with E-state index >= 15 is 0 Å². The maximum Gasteiger partial charge on any atom is 0.275 e. The second-order valence-corrected chi connectivity index (χ2v) is 3.36. The molecular weight excluding hydrogens is 251 g/mol. The van der Waals surface area contributed by atoms with Crippen LogP contribution in [-0.2, 0) is 0 Å². The second-order valence-electron chi connectivity index (χ2n) is 3.36. The SMILES string of the molecule is Nc1nn(-c2ccc(F)c(F)c2F)c(=O)cc1O. The summed E-state index contributed by atoms with van der Waals surface area (Å²) >= 11 is 0. The van der Waals surface area contributed by atoms with Gasteiger partial charge in [0, 0.05) is 0 Å². The van der Waals surface area contributed by atoms with Crippen molar-refractivity contribution >= 4 is 5.82 Å². The smallest absolute Gasteiger partial charge is 0.275 e. The van der Waals surface area contributed by atoms with Crippen LogP contribution >= 0.6 is 0 Å². The molecule has 0 spiro atoms. The van der Waals surface area contributed by atoms with Crippen molar-refractivity contribution in [3.8, 4) is 11.4 Å². The fraction of sp³-hybridized carbons (Fsp3) is 0. The molecule has 0 bridgehead atoms. The predicted octanol–water partition coefficient (Wildman–Crippen LogP) is 0.938. The van der Waals surface area contributed by atoms with Crippen molar-refractivity contribution in [2.45, 2.75) is 0 Å². The normalized spacial score (nSPS) is 10.6. The molecule has 94 valence electrons. The molecule has 0 saturated carbocycles. The molecule has 0 radical (unpaired) electrons. The highest BCUT2D eigenvalue weighted by Crippen LogP contribution is 2.19. The number of nitrogens with two attached hydrogens (primary N) is 1. The Bertz CT molecular complexity index is 685. The van der Waals surface area contributed by atoms with Gasteiger partial charge in [-0.25, -0.2) is 13.2 Å². The summed E-state index contributed by atoms with van der Waals surface area (Å²) in [5, 5.41) is 12.5. The number of hydrogen-bond acceptors (Lipinski definition) is 4. The molecule has 3 N–H and O–H groups in total. The Kier molecular flexibility index (Phi) is 2.70. The number of benzene rings is 1. The van der Waals surface area contributed by atoms with E-state index in [0.717, 1.165) is 6.07 Å². The molecule has 0 unspecified atom stereocenters. The van der Waals surface area contributed by atoms with Crippen molar-refractivity contribution in [2.24, 2.45) is 0 Å². The van der Waals surface area contributed by atoms with E-state index in [1.165, 1.54) is 0 Å². The van der Waals surface area contributed by atoms with Gasteiger partial charge >= 0.3 is 0 Å². The molecule has 1 heterocycles. The first-order valence-corrected chi connectivity index (χ1v) is 4.64. The van der Waals surface area contributed by atoms with Gasteiger partial charge in [0.2, 0.25) is 0 Å². The predicted molar refractivity (Wildman–Crippen MR) is 55.8 cm³/mol. The van der Waals surface area contributed by atoms with Crippen molar-refractivity contribution in [2.75, 3.05) is 5.73 Å². The highest BCUT2D eigenvalue weighted by atomic mass is 19.2. The molecule has 1 aromatic heterocycles. The van der Waals surface area contributed by atoms with Crippen LogP contribution in [-0.4, -0.2) is 14.9 Å². The Hall–Kier alpha value is -2.51. The van der Waals surface area contributed by atoms with Crippen molar-refractivity contribution < 1.29 is 18.3 Å². The van der Waals surface area contributed by atoms with Crippen LogP contribution in [0.25, 0.3) is 5.69 Å². The van der Waals surface area contributed by atoms with E-state index < -0.39 is 40.3 Å². The molecule has 0 atom stereocenters. The quantitative estimate of drug-likeness (QED) is 0.745. The number of aromatic hydroxyl groups is 1. The van der Waals surface area contributed by atoms with Gasteiger partial charge in [-0.15, -0.1) is 5.10 Å². The minimum Gasteiger partial charge on any atom is -0.504 e. The molecule has 18 heavy (non-hydrogen) atoms. The molecule has 0 amide bonds. The summed E-state index contributed by atoms with van der Waals surface area (Å²) in [6.45, 7) is 0. The van der Waals surface area contributed by atoms with Gasteiger partial charge in [-0.05, 0) is 12.1 Å². The van der Waals surface area contributed by atoms with Crippen LogP contribution < -0.4 is 11.3 Å². The van der Waals surface area contributed by atoms with Crippen molar-refractivity contribution in [3.05, 3.63) is 46.0 Å². The summed E-state index contributed by atoms with van der Waals surface area (Å²) in [6, 6.07) is 2.16. The fourth-order valence-corrected chi connectivity index (χ4v) is 1.31. The third-order valence-corrected chi connectivity index (χ3v) is 2.18. The third kappa shape index (κ3) is 1.77. The summed E-state index contributed by atoms with van der Waals surface area (Å²) in [7, 11) is 0. The first kappa shape index (κ1) is 12.0. The third-order valence-electron chi connectivity index (χ3n) is 2.18. The largest absolute Gasteiger partial charge is 0.504 e. The Morgan fingerprint density at radius 3 is 2.56 bits per heavy atom. The molecule has 5 nitrogen and oxygen atoms in total. The lowest BCUT2D eigenvalue weighted by Gasteiger charge is -2.07. The molecule has 0 aliphatic rings. The molecule has 0 aliphatic heterocycles. The minimum atomic E-state index is -1.73. The maximum atomic E-state index is 13.4. The highest BCUT2D eigenvalue weighted by molar-refractivity contribution is 5.44. The van der Waals surface area contributed by atoms with Gasteiger partial charge < -0.3 is 10.8 Å². The van der Waals surface area contributed by atoms with Gasteiger partial charge in [0.15, 0.2) is 29.0 Å². The van der Waals surface area contributed by atoms with Crippen LogP contribution in [0.3, 0.4) is 0 Å². The van der Waals surface area contributed by atoms with E-state index in [0.29, 0.717) is 16.8 Å². The van der Waals surface area contributed by atoms with E-state index in [4.69, 9.17) is 10.8 Å². The number of anilines is 1. The van der Waals surface area contributed by atoms with Crippen LogP contribution in [0, 0.1) is 17.5 Å². The highest BCUT2D eigenvalue weighted by Gasteiger charge is 2.17. The zero-order chi connectivity index (χ0) is 13.4. The summed E-state index contributed by atoms with van der Waals surface area (Å²) in [5.74, 6) is -5.73. The summed E-state index contributed by atoms with van der Waals surface area (Å²) < 4.78 is 39.6. The van der Waals surface area contributed by atoms with Gasteiger partial charge in [-0.3, -0.25) is 4.79 Å². The lowest BCUT2D eigenvalue weighted by atomic mass is 10.3. The summed E-state index contributed by atoms with van der Waals surface area (Å²) in [4.78, 5) is 11.4. The number of rotatable bonds is 1. The Morgan fingerprint density at radius 1 is 1.22 bits per heavy atom. The molecular formula is C10H6F3N3O2. The van der Waals surface area contributed by atoms with Crippen molar-refractivity contribution in [1.29, 1.82) is 0 Å². The average molecular weight is 257 g/mol. The second kappa shape index (κ2) is 4.06. The van der Waals surface area contributed by atoms with Crippen LogP contribution in [0.15, 0.2) is 23.0 Å². The van der Waals surface area contributed by atoms with E-state index in [9.17, 15) is 18.0 Å². The minimum absolute atomic E-state index is 0.424. The number of halogens is 3. The molecule has 0 aliphatic carbocycles. The van der Waals surface area contributed by atoms with Crippen LogP contribution in [0.5, 0.6) is 5.75 Å². The molecule has 1 aromatic carbocycles. The zero-order valence-corrected chi connectivity index (χ0v) is 8.69. The Labute approximate surface area is 97.9 Å². The number of hydrogen-bond donors (Lipinski definition) is 2. The number of nitrogens with zero attached hydrogens (tertiary/aromatic N) is 2. The molecule has 0 saturated heterocycles. The molecule has 0 fully saturated rings. The first-order chi connectivity index (χ1) is 8.41. The topological polar surface area (TPSA) is 81.1 Å². The molecule has 2 aromatic rings. The Balaban J connectivity index is 2.74.